The van der Waals surface area contributed by atoms with Crippen molar-refractivity contribution < 1.29 is 22.6 Å². The summed E-state index contributed by atoms with van der Waals surface area (Å²) in [6.45, 7) is 3.88. The molecule has 0 bridgehead atoms. The number of aromatic nitrogens is 2. The molecule has 0 radical (unpaired) electrons. The Bertz CT molecular complexity index is 1200. The summed E-state index contributed by atoms with van der Waals surface area (Å²) in [5.74, 6) is 0.948. The fraction of sp³-hybridized carbons (Fsp3) is 0.308. The molecule has 5 nitrogen and oxygen atoms in total. The normalized spacial score (nSPS) is 13.1. The first-order valence-electron chi connectivity index (χ1n) is 11.2. The molecule has 0 saturated heterocycles. The highest BCUT2D eigenvalue weighted by molar-refractivity contribution is 6.32. The van der Waals surface area contributed by atoms with E-state index >= 15 is 0 Å². The Morgan fingerprint density at radius 2 is 1.89 bits per heavy atom. The van der Waals surface area contributed by atoms with Gasteiger partial charge in [-0.2, -0.15) is 13.2 Å². The summed E-state index contributed by atoms with van der Waals surface area (Å²) in [7, 11) is 1.53. The molecule has 0 aliphatic heterocycles. The van der Waals surface area contributed by atoms with Crippen LogP contribution in [-0.4, -0.2) is 17.1 Å². The van der Waals surface area contributed by atoms with E-state index in [0.29, 0.717) is 28.2 Å². The van der Waals surface area contributed by atoms with E-state index in [2.05, 4.69) is 15.3 Å². The first-order valence-corrected chi connectivity index (χ1v) is 12.0. The number of benzene rings is 1. The van der Waals surface area contributed by atoms with Gasteiger partial charge in [-0.15, -0.1) is 0 Å². The number of pyridine rings is 2. The average Bonchev–Trinajstić information content (AvgIpc) is 2.86. The van der Waals surface area contributed by atoms with Gasteiger partial charge in [0, 0.05) is 24.0 Å². The molecule has 1 atom stereocenters. The minimum atomic E-state index is -4.44. The number of ether oxygens (including phenoxy) is 2. The molecule has 0 aliphatic carbocycles. The second kappa shape index (κ2) is 12.3. The summed E-state index contributed by atoms with van der Waals surface area (Å²) in [6.07, 6.45) is -0.118. The second-order valence-corrected chi connectivity index (χ2v) is 8.77. The molecule has 0 amide bonds. The molecule has 1 unspecified atom stereocenters. The molecule has 3 aromatic rings. The molecule has 2 heterocycles. The van der Waals surface area contributed by atoms with Crippen LogP contribution in [0.5, 0.6) is 11.5 Å². The summed E-state index contributed by atoms with van der Waals surface area (Å²) in [5.41, 5.74) is 1.95. The number of rotatable bonds is 10. The molecule has 1 aromatic carbocycles. The van der Waals surface area contributed by atoms with E-state index in [-0.39, 0.29) is 18.3 Å². The van der Waals surface area contributed by atoms with Crippen molar-refractivity contribution in [3.05, 3.63) is 87.6 Å². The molecular weight excluding hydrogens is 514 g/mol. The standard InChI is InChI=1S/C26H26Cl2F3N3O2/c1-4-5-22(25(28)34-16(2)17-6-9-24(27)33-14-17)21-8-7-20(13-23(21)35-3)36-15-19-12-18(10-11-32-19)26(29,30)31/h6-14,16,34H,4-5,15H2,1-3H3/b25-22+. The quantitative estimate of drug-likeness (QED) is 0.210. The first kappa shape index (κ1) is 27.6. The number of nitrogens with zero attached hydrogens (tertiary/aromatic N) is 2. The third kappa shape index (κ3) is 7.27. The van der Waals surface area contributed by atoms with Crippen LogP contribution in [0.2, 0.25) is 5.15 Å². The maximum atomic E-state index is 13.0. The van der Waals surface area contributed by atoms with E-state index in [1.54, 1.807) is 24.4 Å². The average molecular weight is 540 g/mol. The topological polar surface area (TPSA) is 56.3 Å². The van der Waals surface area contributed by atoms with Crippen LogP contribution in [0, 0.1) is 0 Å². The Labute approximate surface area is 218 Å². The van der Waals surface area contributed by atoms with Crippen LogP contribution >= 0.6 is 23.2 Å². The number of nitrogens with one attached hydrogen (secondary N) is 1. The third-order valence-corrected chi connectivity index (χ3v) is 5.95. The number of halogens is 5. The lowest BCUT2D eigenvalue weighted by Crippen LogP contribution is -2.17. The van der Waals surface area contributed by atoms with Gasteiger partial charge in [0.2, 0.25) is 0 Å². The Balaban J connectivity index is 1.81. The van der Waals surface area contributed by atoms with E-state index in [9.17, 15) is 13.2 Å². The van der Waals surface area contributed by atoms with E-state index < -0.39 is 11.7 Å². The zero-order valence-electron chi connectivity index (χ0n) is 20.0. The van der Waals surface area contributed by atoms with Gasteiger partial charge < -0.3 is 14.8 Å². The van der Waals surface area contributed by atoms with Gasteiger partial charge >= 0.3 is 6.18 Å². The third-order valence-electron chi connectivity index (χ3n) is 5.39. The maximum absolute atomic E-state index is 13.0. The van der Waals surface area contributed by atoms with Crippen LogP contribution in [0.25, 0.3) is 5.57 Å². The van der Waals surface area contributed by atoms with Gasteiger partial charge in [-0.05, 0) is 54.8 Å². The second-order valence-electron chi connectivity index (χ2n) is 8.01. The maximum Gasteiger partial charge on any atom is 0.416 e. The van der Waals surface area contributed by atoms with Crippen molar-refractivity contribution in [2.45, 2.75) is 45.5 Å². The number of allylic oxidation sites excluding steroid dienone is 1. The molecule has 1 N–H and O–H groups in total. The summed E-state index contributed by atoms with van der Waals surface area (Å²) < 4.78 is 50.2. The highest BCUT2D eigenvalue weighted by Crippen LogP contribution is 2.36. The first-order chi connectivity index (χ1) is 17.1. The molecule has 2 aromatic heterocycles. The highest BCUT2D eigenvalue weighted by atomic mass is 35.5. The van der Waals surface area contributed by atoms with Gasteiger partial charge in [0.05, 0.1) is 24.4 Å². The SMILES string of the molecule is CCC/C(=C(/Cl)NC(C)c1ccc(Cl)nc1)c1ccc(OCc2cc(C(F)(F)F)ccn2)cc1OC. The smallest absolute Gasteiger partial charge is 0.416 e. The lowest BCUT2D eigenvalue weighted by atomic mass is 10.0. The predicted octanol–water partition coefficient (Wildman–Crippen LogP) is 7.79. The van der Waals surface area contributed by atoms with E-state index in [4.69, 9.17) is 32.7 Å². The predicted molar refractivity (Wildman–Crippen MR) is 135 cm³/mol. The van der Waals surface area contributed by atoms with Gasteiger partial charge in [0.15, 0.2) is 0 Å². The molecule has 3 rings (SSSR count). The molecule has 36 heavy (non-hydrogen) atoms. The summed E-state index contributed by atoms with van der Waals surface area (Å²) >= 11 is 12.6. The fourth-order valence-corrected chi connectivity index (χ4v) is 3.99. The largest absolute Gasteiger partial charge is 0.496 e. The van der Waals surface area contributed by atoms with Crippen LogP contribution in [0.1, 0.15) is 55.1 Å². The number of alkyl halides is 3. The van der Waals surface area contributed by atoms with E-state index in [1.165, 1.54) is 7.11 Å². The molecule has 0 saturated carbocycles. The van der Waals surface area contributed by atoms with Gasteiger partial charge in [0.25, 0.3) is 0 Å². The molecule has 10 heteroatoms. The van der Waals surface area contributed by atoms with E-state index in [1.807, 2.05) is 26.0 Å². The van der Waals surface area contributed by atoms with Gasteiger partial charge in [-0.25, -0.2) is 4.98 Å². The van der Waals surface area contributed by atoms with Gasteiger partial charge in [0.1, 0.15) is 28.4 Å². The Hall–Kier alpha value is -2.97. The van der Waals surface area contributed by atoms with Gasteiger partial charge in [-0.3, -0.25) is 4.98 Å². The molecule has 0 spiro atoms. The van der Waals surface area contributed by atoms with Crippen molar-refractivity contribution in [3.8, 4) is 11.5 Å². The number of hydrogen-bond donors (Lipinski definition) is 1. The zero-order valence-corrected chi connectivity index (χ0v) is 21.5. The van der Waals surface area contributed by atoms with Crippen LogP contribution < -0.4 is 14.8 Å². The van der Waals surface area contributed by atoms with Crippen molar-refractivity contribution in [1.29, 1.82) is 0 Å². The zero-order chi connectivity index (χ0) is 26.3. The van der Waals surface area contributed by atoms with Crippen molar-refractivity contribution in [3.63, 3.8) is 0 Å². The number of hydrogen-bond acceptors (Lipinski definition) is 5. The summed E-state index contributed by atoms with van der Waals surface area (Å²) in [4.78, 5) is 8.07. The molecular formula is C26H26Cl2F3N3O2. The Morgan fingerprint density at radius 1 is 1.11 bits per heavy atom. The molecule has 0 fully saturated rings. The highest BCUT2D eigenvalue weighted by Gasteiger charge is 2.30. The Morgan fingerprint density at radius 3 is 2.53 bits per heavy atom. The van der Waals surface area contributed by atoms with Crippen molar-refractivity contribution in [2.75, 3.05) is 7.11 Å². The number of methoxy groups -OCH3 is 1. The molecule has 192 valence electrons. The summed E-state index contributed by atoms with van der Waals surface area (Å²) in [5, 5.41) is 4.19. The van der Waals surface area contributed by atoms with Gasteiger partial charge in [-0.1, -0.05) is 42.6 Å². The van der Waals surface area contributed by atoms with Crippen molar-refractivity contribution in [2.24, 2.45) is 0 Å². The molecule has 0 aliphatic rings. The van der Waals surface area contributed by atoms with Crippen LogP contribution in [0.15, 0.2) is 60.0 Å². The van der Waals surface area contributed by atoms with Crippen LogP contribution in [0.3, 0.4) is 0 Å². The van der Waals surface area contributed by atoms with Crippen LogP contribution in [-0.2, 0) is 12.8 Å². The minimum Gasteiger partial charge on any atom is -0.496 e. The Kier molecular flexibility index (Phi) is 9.45. The fourth-order valence-electron chi connectivity index (χ4n) is 3.52. The van der Waals surface area contributed by atoms with E-state index in [0.717, 1.165) is 41.5 Å². The monoisotopic (exact) mass is 539 g/mol. The lowest BCUT2D eigenvalue weighted by molar-refractivity contribution is -0.137. The van der Waals surface area contributed by atoms with Crippen LogP contribution in [0.4, 0.5) is 13.2 Å². The van der Waals surface area contributed by atoms with Crippen molar-refractivity contribution in [1.82, 2.24) is 15.3 Å². The summed E-state index contributed by atoms with van der Waals surface area (Å²) in [6, 6.07) is 10.6. The lowest BCUT2D eigenvalue weighted by Gasteiger charge is -2.20. The minimum absolute atomic E-state index is 0.123. The van der Waals surface area contributed by atoms with Crippen molar-refractivity contribution >= 4 is 28.8 Å².